The van der Waals surface area contributed by atoms with E-state index in [0.29, 0.717) is 92.8 Å². The number of halogens is 2. The van der Waals surface area contributed by atoms with Crippen molar-refractivity contribution in [2.24, 2.45) is 105 Å². The number of carbonyl (C=O) groups excluding carboxylic acids is 2. The minimum atomic E-state index is -3.50. The van der Waals surface area contributed by atoms with Crippen LogP contribution in [0, 0.1) is 105 Å². The monoisotopic (exact) mass is 1150 g/mol. The molecule has 0 heterocycles. The molecule has 2 amide bonds. The second-order valence-corrected chi connectivity index (χ2v) is 38.5. The van der Waals surface area contributed by atoms with Crippen LogP contribution in [0.4, 0.5) is 8.78 Å². The van der Waals surface area contributed by atoms with Gasteiger partial charge in [0.05, 0.1) is 34.9 Å². The van der Waals surface area contributed by atoms with Gasteiger partial charge < -0.3 is 19.7 Å². The van der Waals surface area contributed by atoms with Crippen molar-refractivity contribution in [1.82, 2.24) is 9.44 Å². The van der Waals surface area contributed by atoms with Gasteiger partial charge in [0.2, 0.25) is 31.9 Å². The number of aliphatic hydroxyl groups is 3. The van der Waals surface area contributed by atoms with Crippen molar-refractivity contribution < 1.29 is 55.0 Å². The minimum absolute atomic E-state index is 0.0235. The van der Waals surface area contributed by atoms with Crippen molar-refractivity contribution in [3.8, 4) is 0 Å². The molecule has 448 valence electrons. The summed E-state index contributed by atoms with van der Waals surface area (Å²) in [6.07, 6.45) is 12.5. The lowest BCUT2D eigenvalue weighted by molar-refractivity contribution is -0.222. The van der Waals surface area contributed by atoms with Crippen molar-refractivity contribution >= 4 is 40.2 Å². The van der Waals surface area contributed by atoms with Crippen LogP contribution in [-0.2, 0) is 34.1 Å². The normalized spacial score (nSPS) is 46.8. The van der Waals surface area contributed by atoms with Crippen LogP contribution in [0.1, 0.15) is 197 Å². The molecule has 0 aromatic rings. The number of amides is 2. The molecule has 0 spiro atoms. The second-order valence-electron chi connectivity index (χ2n) is 30.1. The summed E-state index contributed by atoms with van der Waals surface area (Å²) in [4.78, 5) is 25.0. The zero-order valence-electron chi connectivity index (χ0n) is 49.5. The predicted octanol–water partition coefficient (Wildman–Crippen LogP) is 11.0. The van der Waals surface area contributed by atoms with Gasteiger partial charge in [0.15, 0.2) is 8.32 Å². The fourth-order valence-electron chi connectivity index (χ4n) is 20.9. The molecular formula is C61H104F2N2O10S2Si. The van der Waals surface area contributed by atoms with E-state index >= 15 is 8.78 Å². The number of alkyl halides is 2. The van der Waals surface area contributed by atoms with E-state index < -0.39 is 70.2 Å². The van der Waals surface area contributed by atoms with Gasteiger partial charge in [-0.15, -0.1) is 0 Å². The maximum absolute atomic E-state index is 16.0. The molecule has 17 heteroatoms. The molecular weight excluding hydrogens is 1050 g/mol. The molecule has 10 rings (SSSR count). The fourth-order valence-corrected chi connectivity index (χ4v) is 24.7. The fraction of sp³-hybridized carbons (Fsp3) is 0.967. The number of carbonyl (C=O) groups is 2. The number of nitrogens with one attached hydrogen (secondary N) is 2. The Labute approximate surface area is 470 Å². The lowest BCUT2D eigenvalue weighted by Gasteiger charge is -2.66. The molecule has 10 aliphatic rings. The van der Waals surface area contributed by atoms with Crippen molar-refractivity contribution in [3.63, 3.8) is 0 Å². The molecule has 10 fully saturated rings. The minimum Gasteiger partial charge on any atom is -0.414 e. The summed E-state index contributed by atoms with van der Waals surface area (Å²) in [6, 6.07) is 0. The molecule has 8 unspecified atom stereocenters. The molecule has 10 saturated carbocycles. The lowest BCUT2D eigenvalue weighted by atomic mass is 9.41. The third-order valence-electron chi connectivity index (χ3n) is 24.9. The molecule has 78 heavy (non-hydrogen) atoms. The highest BCUT2D eigenvalue weighted by Gasteiger charge is 2.69. The summed E-state index contributed by atoms with van der Waals surface area (Å²) in [5.74, 6) is 2.33. The van der Waals surface area contributed by atoms with E-state index in [-0.39, 0.29) is 93.2 Å². The van der Waals surface area contributed by atoms with Crippen molar-refractivity contribution in [3.05, 3.63) is 0 Å². The van der Waals surface area contributed by atoms with Crippen LogP contribution in [0.5, 0.6) is 0 Å². The van der Waals surface area contributed by atoms with Crippen LogP contribution >= 0.6 is 0 Å². The molecule has 0 bridgehead atoms. The maximum Gasteiger partial charge on any atom is 0.237 e. The van der Waals surface area contributed by atoms with Crippen LogP contribution in [0.2, 0.25) is 19.6 Å². The Hall–Kier alpha value is -1.24. The highest BCUT2D eigenvalue weighted by Crippen LogP contribution is 2.72. The Morgan fingerprint density at radius 2 is 0.936 bits per heavy atom. The van der Waals surface area contributed by atoms with Crippen LogP contribution in [-0.4, -0.2) is 99.5 Å². The Bertz CT molecular complexity index is 2410. The van der Waals surface area contributed by atoms with Crippen LogP contribution < -0.4 is 9.44 Å². The summed E-state index contributed by atoms with van der Waals surface area (Å²) in [7, 11) is -8.94. The molecule has 10 aliphatic carbocycles. The Balaban J connectivity index is 0.000000191. The molecule has 0 aliphatic heterocycles. The van der Waals surface area contributed by atoms with E-state index in [9.17, 15) is 41.7 Å². The molecule has 0 saturated heterocycles. The van der Waals surface area contributed by atoms with Gasteiger partial charge in [-0.3, -0.25) is 19.0 Å². The average molecular weight is 1160 g/mol. The van der Waals surface area contributed by atoms with Gasteiger partial charge >= 0.3 is 0 Å². The first-order valence-electron chi connectivity index (χ1n) is 31.5. The average Bonchev–Trinajstić information content (AvgIpc) is 4.13. The second kappa shape index (κ2) is 22.3. The number of sulfonamides is 2. The highest BCUT2D eigenvalue weighted by atomic mass is 32.2. The largest absolute Gasteiger partial charge is 0.414 e. The van der Waals surface area contributed by atoms with Crippen LogP contribution in [0.25, 0.3) is 0 Å². The SMILES string of the molecule is CC[C@@H]1[C@@H]2[C@@H](F)[C@H](O)CC[C@]2(C)C2CC[C@@]3(C)C(CCC3[C@H](C)CCC(=O)NS(=O)(=O)C3CC3)C2[C@@H]1O.CC[C@@H]1[C@@H]2[C@@H](F)[C@H](O)CC[C@]2(C)C2CC[C@@]3(C)C(CCC3[C@H](C)CCC(=O)NS(=O)(=O)C3CC3)C2[C@@H]1O[Si](C)(C)C. The zero-order chi connectivity index (χ0) is 57.0. The molecule has 0 aromatic carbocycles. The maximum atomic E-state index is 16.0. The van der Waals surface area contributed by atoms with Gasteiger partial charge in [-0.1, -0.05) is 68.2 Å². The van der Waals surface area contributed by atoms with Crippen LogP contribution in [0.3, 0.4) is 0 Å². The summed E-state index contributed by atoms with van der Waals surface area (Å²) >= 11 is 0. The first-order chi connectivity index (χ1) is 36.4. The first kappa shape index (κ1) is 61.3. The molecule has 0 aromatic heterocycles. The van der Waals surface area contributed by atoms with E-state index in [4.69, 9.17) is 4.43 Å². The summed E-state index contributed by atoms with van der Waals surface area (Å²) < 4.78 is 92.0. The standard InChI is InChI=1S/C32H56FNO5SSi.C29H48FNO5S/c1-8-21-28-29(33)25(35)16-18-32(28,4)24-15-17-31(3)22(12-13-23(31)27(24)30(21)39-41(5,6)7)19(2)9-14-26(36)34-40(37,38)20-10-11-20;1-5-18-25-26(30)22(32)13-15-29(25,4)21-12-14-28(3)19(9-10-20(28)24(21)27(18)34)16(2)6-11-23(33)31-37(35,36)17-7-8-17/h19-25,27-30,35H,8-18H2,1-7H3,(H,34,36);16-22,24-27,32,34H,5-15H2,1-4H3,(H,31,33)/t19-,21-,22?,23?,24?,25-,27?,28-,29+,30-,31-,32-;16-,18-,19?,20?,21?,22-,24?,25-,26+,27-,28-,29-/m11/s1. The van der Waals surface area contributed by atoms with Crippen molar-refractivity contribution in [2.45, 2.75) is 264 Å². The number of aliphatic hydroxyl groups excluding tert-OH is 3. The van der Waals surface area contributed by atoms with E-state index in [1.54, 1.807) is 0 Å². The van der Waals surface area contributed by atoms with Gasteiger partial charge in [0.25, 0.3) is 0 Å². The number of hydrogen-bond donors (Lipinski definition) is 5. The summed E-state index contributed by atoms with van der Waals surface area (Å²) in [5, 5.41) is 32.0. The molecule has 24 atom stereocenters. The Morgan fingerprint density at radius 1 is 0.564 bits per heavy atom. The number of rotatable bonds is 16. The Kier molecular flexibility index (Phi) is 17.5. The molecule has 0 radical (unpaired) electrons. The highest BCUT2D eigenvalue weighted by molar-refractivity contribution is 7.91. The van der Waals surface area contributed by atoms with Gasteiger partial charge in [0, 0.05) is 24.7 Å². The molecule has 12 nitrogen and oxygen atoms in total. The number of fused-ring (bicyclic) bond motifs is 10. The third-order valence-corrected chi connectivity index (χ3v) is 29.6. The van der Waals surface area contributed by atoms with Gasteiger partial charge in [-0.2, -0.15) is 0 Å². The van der Waals surface area contributed by atoms with E-state index in [2.05, 4.69) is 84.5 Å². The zero-order valence-corrected chi connectivity index (χ0v) is 52.2. The quantitative estimate of drug-likeness (QED) is 0.0928. The van der Waals surface area contributed by atoms with E-state index in [1.807, 2.05) is 0 Å². The van der Waals surface area contributed by atoms with Gasteiger partial charge in [0.1, 0.15) is 12.3 Å². The first-order valence-corrected chi connectivity index (χ1v) is 38.0. The smallest absolute Gasteiger partial charge is 0.237 e. The van der Waals surface area contributed by atoms with Crippen molar-refractivity contribution in [2.75, 3.05) is 0 Å². The van der Waals surface area contributed by atoms with Gasteiger partial charge in [-0.25, -0.2) is 25.6 Å². The van der Waals surface area contributed by atoms with E-state index in [1.165, 1.54) is 0 Å². The van der Waals surface area contributed by atoms with Crippen LogP contribution in [0.15, 0.2) is 0 Å². The number of hydrogen-bond acceptors (Lipinski definition) is 10. The topological polar surface area (TPSA) is 196 Å². The molecule has 5 N–H and O–H groups in total. The summed E-state index contributed by atoms with van der Waals surface area (Å²) in [5.41, 5.74) is -0.134. The Morgan fingerprint density at radius 3 is 1.33 bits per heavy atom. The van der Waals surface area contributed by atoms with Gasteiger partial charge in [-0.05, 0) is 228 Å². The van der Waals surface area contributed by atoms with E-state index in [0.717, 1.165) is 77.0 Å². The summed E-state index contributed by atoms with van der Waals surface area (Å²) in [6.45, 7) is 24.9. The van der Waals surface area contributed by atoms with Crippen molar-refractivity contribution in [1.29, 1.82) is 0 Å². The lowest BCUT2D eigenvalue weighted by Crippen LogP contribution is -2.66. The third kappa shape index (κ3) is 11.1. The predicted molar refractivity (Wildman–Crippen MR) is 303 cm³/mol.